The fraction of sp³-hybridized carbons (Fsp3) is 0.865. The maximum absolute atomic E-state index is 13.4. The van der Waals surface area contributed by atoms with Crippen LogP contribution in [0.4, 0.5) is 0 Å². The quantitative estimate of drug-likeness (QED) is 0.0458. The Balaban J connectivity index is 4.22. The number of hydrogen-bond acceptors (Lipinski definition) is 2. The lowest BCUT2D eigenvalue weighted by molar-refractivity contribution is -0.122. The highest BCUT2D eigenvalue weighted by Gasteiger charge is 2.19. The van der Waals surface area contributed by atoms with E-state index in [1.54, 1.807) is 0 Å². The molecule has 0 spiro atoms. The minimum atomic E-state index is -0.0154. The van der Waals surface area contributed by atoms with Gasteiger partial charge in [-0.15, -0.1) is 0 Å². The van der Waals surface area contributed by atoms with Gasteiger partial charge in [-0.3, -0.25) is 9.59 Å². The first-order chi connectivity index (χ1) is 26.7. The van der Waals surface area contributed by atoms with Crippen LogP contribution >= 0.6 is 0 Å². The van der Waals surface area contributed by atoms with Crippen molar-refractivity contribution < 1.29 is 9.59 Å². The zero-order chi connectivity index (χ0) is 39.3. The Morgan fingerprint density at radius 3 is 1.02 bits per heavy atom. The summed E-state index contributed by atoms with van der Waals surface area (Å²) in [4.78, 5) is 26.2. The van der Waals surface area contributed by atoms with Gasteiger partial charge in [0.2, 0.25) is 0 Å². The van der Waals surface area contributed by atoms with Crippen molar-refractivity contribution in [3.63, 3.8) is 0 Å². The summed E-state index contributed by atoms with van der Waals surface area (Å²) in [6, 6.07) is 0. The second-order valence-electron chi connectivity index (χ2n) is 17.0. The highest BCUT2D eigenvalue weighted by Crippen LogP contribution is 2.22. The molecule has 0 N–H and O–H groups in total. The maximum Gasteiger partial charge on any atom is 0.136 e. The predicted molar refractivity (Wildman–Crippen MR) is 242 cm³/mol. The van der Waals surface area contributed by atoms with Gasteiger partial charge >= 0.3 is 0 Å². The Morgan fingerprint density at radius 2 is 0.648 bits per heavy atom. The standard InChI is InChI=1S/C52H97O2/c1-4-7-10-13-16-19-22-24-26-28-31-34-37-40-43-46-51(53)49-48-50(45-42-39-36-33-30-21-18-15-12-9-6-3)52(54)47-44-41-38-35-32-29-27-25-23-20-17-14-11-8-5-2/h24-27,48,50H,4-23,28-47,49H2,1-3H3/b26-24-,27-25-. The van der Waals surface area contributed by atoms with E-state index in [1.165, 1.54) is 205 Å². The molecule has 0 amide bonds. The van der Waals surface area contributed by atoms with Crippen LogP contribution in [0.15, 0.2) is 24.3 Å². The zero-order valence-corrected chi connectivity index (χ0v) is 37.3. The molecule has 1 atom stereocenters. The average molecular weight is 754 g/mol. The maximum atomic E-state index is 13.4. The van der Waals surface area contributed by atoms with Crippen molar-refractivity contribution in [1.29, 1.82) is 0 Å². The van der Waals surface area contributed by atoms with E-state index in [-0.39, 0.29) is 5.92 Å². The molecule has 1 radical (unpaired) electrons. The molecule has 0 fully saturated rings. The molecule has 0 saturated carbocycles. The minimum absolute atomic E-state index is 0.0154. The summed E-state index contributed by atoms with van der Waals surface area (Å²) in [5.41, 5.74) is 0. The first kappa shape index (κ1) is 52.8. The van der Waals surface area contributed by atoms with E-state index >= 15 is 0 Å². The first-order valence-electron chi connectivity index (χ1n) is 24.8. The Bertz CT molecular complexity index is 809. The second kappa shape index (κ2) is 46.2. The fourth-order valence-electron chi connectivity index (χ4n) is 7.76. The van der Waals surface area contributed by atoms with Gasteiger partial charge in [0.1, 0.15) is 11.6 Å². The number of hydrogen-bond donors (Lipinski definition) is 0. The van der Waals surface area contributed by atoms with Gasteiger partial charge in [-0.05, 0) is 77.0 Å². The predicted octanol–water partition coefficient (Wildman–Crippen LogP) is 18.1. The van der Waals surface area contributed by atoms with Crippen molar-refractivity contribution >= 4 is 11.6 Å². The molecule has 0 aliphatic rings. The molecule has 0 aromatic rings. The topological polar surface area (TPSA) is 34.1 Å². The lowest BCUT2D eigenvalue weighted by atomic mass is 9.88. The Labute approximate surface area is 340 Å². The van der Waals surface area contributed by atoms with E-state index in [1.807, 2.05) is 0 Å². The van der Waals surface area contributed by atoms with Crippen LogP contribution in [0.5, 0.6) is 0 Å². The molecule has 1 unspecified atom stereocenters. The van der Waals surface area contributed by atoms with Gasteiger partial charge in [0.15, 0.2) is 0 Å². The molecule has 0 saturated heterocycles. The lowest BCUT2D eigenvalue weighted by Crippen LogP contribution is -2.17. The number of unbranched alkanes of at least 4 members (excludes halogenated alkanes) is 32. The molecule has 0 aliphatic carbocycles. The van der Waals surface area contributed by atoms with Gasteiger partial charge in [0, 0.05) is 25.2 Å². The number of carbonyl (C=O) groups excluding carboxylic acids is 2. The number of allylic oxidation sites excluding steroid dienone is 4. The third-order valence-corrected chi connectivity index (χ3v) is 11.6. The molecule has 54 heavy (non-hydrogen) atoms. The number of Topliss-reactive ketones (excluding diaryl/α,β-unsaturated/α-hetero) is 2. The van der Waals surface area contributed by atoms with Crippen molar-refractivity contribution in [2.24, 2.45) is 5.92 Å². The first-order valence-corrected chi connectivity index (χ1v) is 24.8. The van der Waals surface area contributed by atoms with E-state index in [0.717, 1.165) is 38.5 Å². The van der Waals surface area contributed by atoms with Gasteiger partial charge < -0.3 is 0 Å². The van der Waals surface area contributed by atoms with E-state index < -0.39 is 0 Å². The molecule has 0 bridgehead atoms. The Morgan fingerprint density at radius 1 is 0.352 bits per heavy atom. The summed E-state index contributed by atoms with van der Waals surface area (Å²) in [7, 11) is 0. The third-order valence-electron chi connectivity index (χ3n) is 11.6. The van der Waals surface area contributed by atoms with Crippen LogP contribution in [0, 0.1) is 12.3 Å². The third kappa shape index (κ3) is 42.0. The Kier molecular flexibility index (Phi) is 45.2. The van der Waals surface area contributed by atoms with Gasteiger partial charge in [-0.1, -0.05) is 218 Å². The van der Waals surface area contributed by atoms with E-state index in [2.05, 4.69) is 51.5 Å². The molecule has 2 nitrogen and oxygen atoms in total. The molecule has 0 aliphatic heterocycles. The molecule has 0 heterocycles. The van der Waals surface area contributed by atoms with Crippen molar-refractivity contribution in [2.75, 3.05) is 0 Å². The minimum Gasteiger partial charge on any atom is -0.300 e. The zero-order valence-electron chi connectivity index (χ0n) is 37.3. The monoisotopic (exact) mass is 754 g/mol. The summed E-state index contributed by atoms with van der Waals surface area (Å²) < 4.78 is 0. The van der Waals surface area contributed by atoms with E-state index in [4.69, 9.17) is 0 Å². The van der Waals surface area contributed by atoms with Crippen LogP contribution in [0.3, 0.4) is 0 Å². The summed E-state index contributed by atoms with van der Waals surface area (Å²) in [5, 5.41) is 0. The number of ketones is 2. The normalized spacial score (nSPS) is 12.4. The van der Waals surface area contributed by atoms with Crippen LogP contribution in [-0.4, -0.2) is 11.6 Å². The molecule has 0 aromatic heterocycles. The van der Waals surface area contributed by atoms with Gasteiger partial charge in [-0.2, -0.15) is 0 Å². The second-order valence-corrected chi connectivity index (χ2v) is 17.0. The summed E-state index contributed by atoms with van der Waals surface area (Å²) >= 11 is 0. The van der Waals surface area contributed by atoms with Gasteiger partial charge in [0.25, 0.3) is 0 Å². The smallest absolute Gasteiger partial charge is 0.136 e. The summed E-state index contributed by atoms with van der Waals surface area (Å²) in [5.74, 6) is 0.720. The SMILES string of the molecule is CCCCCCCC/C=C\CCCCCCCC(=O)C[CH]C(CCCCCCCCCCCCC)C(=O)CCCCCCC/C=C\CCCCCCCC. The summed E-state index contributed by atoms with van der Waals surface area (Å²) in [6.07, 6.45) is 62.4. The molecular weight excluding hydrogens is 657 g/mol. The summed E-state index contributed by atoms with van der Waals surface area (Å²) in [6.45, 7) is 6.85. The lowest BCUT2D eigenvalue weighted by Gasteiger charge is -2.15. The van der Waals surface area contributed by atoms with Crippen LogP contribution in [0.1, 0.15) is 284 Å². The van der Waals surface area contributed by atoms with Crippen LogP contribution < -0.4 is 0 Å². The Hall–Kier alpha value is -1.18. The van der Waals surface area contributed by atoms with Gasteiger partial charge in [-0.25, -0.2) is 0 Å². The molecule has 2 heteroatoms. The molecule has 0 rings (SSSR count). The highest BCUT2D eigenvalue weighted by molar-refractivity contribution is 5.85. The largest absolute Gasteiger partial charge is 0.300 e. The molecular formula is C52H97O2. The molecule has 317 valence electrons. The van der Waals surface area contributed by atoms with Crippen LogP contribution in [-0.2, 0) is 9.59 Å². The van der Waals surface area contributed by atoms with E-state index in [9.17, 15) is 9.59 Å². The highest BCUT2D eigenvalue weighted by atomic mass is 16.1. The van der Waals surface area contributed by atoms with Crippen molar-refractivity contribution in [2.45, 2.75) is 284 Å². The van der Waals surface area contributed by atoms with Crippen LogP contribution in [0.25, 0.3) is 0 Å². The number of carbonyl (C=O) groups is 2. The van der Waals surface area contributed by atoms with E-state index in [0.29, 0.717) is 30.8 Å². The van der Waals surface area contributed by atoms with Crippen LogP contribution in [0.2, 0.25) is 0 Å². The van der Waals surface area contributed by atoms with Crippen molar-refractivity contribution in [3.05, 3.63) is 30.7 Å². The van der Waals surface area contributed by atoms with Crippen molar-refractivity contribution in [3.8, 4) is 0 Å². The van der Waals surface area contributed by atoms with Crippen molar-refractivity contribution in [1.82, 2.24) is 0 Å². The fourth-order valence-corrected chi connectivity index (χ4v) is 7.76. The van der Waals surface area contributed by atoms with Gasteiger partial charge in [0.05, 0.1) is 0 Å². The molecule has 0 aromatic carbocycles. The average Bonchev–Trinajstić information content (AvgIpc) is 3.17. The number of rotatable bonds is 46.